The van der Waals surface area contributed by atoms with Gasteiger partial charge in [-0.1, -0.05) is 23.8 Å². The van der Waals surface area contributed by atoms with Crippen LogP contribution in [0, 0.1) is 0 Å². The van der Waals surface area contributed by atoms with E-state index in [1.165, 1.54) is 5.57 Å². The normalized spacial score (nSPS) is 19.8. The molecule has 0 bridgehead atoms. The van der Waals surface area contributed by atoms with Crippen LogP contribution in [0.1, 0.15) is 42.1 Å². The molecule has 0 aliphatic carbocycles. The molecule has 140 valence electrons. The average molecular weight is 357 g/mol. The van der Waals surface area contributed by atoms with Crippen LogP contribution >= 0.6 is 0 Å². The maximum absolute atomic E-state index is 12.3. The molecule has 1 unspecified atom stereocenters. The van der Waals surface area contributed by atoms with Gasteiger partial charge in [0.2, 0.25) is 0 Å². The topological polar surface area (TPSA) is 70.7 Å². The lowest BCUT2D eigenvalue weighted by Crippen LogP contribution is -2.42. The van der Waals surface area contributed by atoms with E-state index in [9.17, 15) is 9.59 Å². The molecule has 0 saturated carbocycles. The molecule has 6 nitrogen and oxygen atoms in total. The van der Waals surface area contributed by atoms with Crippen LogP contribution in [0.5, 0.6) is 0 Å². The van der Waals surface area contributed by atoms with Crippen molar-refractivity contribution in [2.24, 2.45) is 0 Å². The minimum atomic E-state index is -0.106. The Morgan fingerprint density at radius 1 is 1.31 bits per heavy atom. The number of nitrogens with one attached hydrogen (secondary N) is 2. The van der Waals surface area contributed by atoms with E-state index >= 15 is 0 Å². The molecule has 6 heteroatoms. The molecular weight excluding hydrogens is 330 g/mol. The number of nitrogens with zero attached hydrogens (tertiary/aromatic N) is 1. The van der Waals surface area contributed by atoms with Crippen molar-refractivity contribution in [3.63, 3.8) is 0 Å². The second-order valence-electron chi connectivity index (χ2n) is 6.96. The molecule has 26 heavy (non-hydrogen) atoms. The first kappa shape index (κ1) is 18.5. The third-order valence-corrected chi connectivity index (χ3v) is 4.77. The summed E-state index contributed by atoms with van der Waals surface area (Å²) in [6.45, 7) is 5.19. The van der Waals surface area contributed by atoms with E-state index in [1.54, 1.807) is 6.07 Å². The predicted molar refractivity (Wildman–Crippen MR) is 99.9 cm³/mol. The largest absolute Gasteiger partial charge is 0.376 e. The van der Waals surface area contributed by atoms with E-state index in [2.05, 4.69) is 16.7 Å². The van der Waals surface area contributed by atoms with Crippen molar-refractivity contribution < 1.29 is 14.3 Å². The predicted octanol–water partition coefficient (Wildman–Crippen LogP) is 2.46. The quantitative estimate of drug-likeness (QED) is 0.795. The second-order valence-corrected chi connectivity index (χ2v) is 6.96. The first-order valence-electron chi connectivity index (χ1n) is 9.29. The summed E-state index contributed by atoms with van der Waals surface area (Å²) in [7, 11) is 0. The summed E-state index contributed by atoms with van der Waals surface area (Å²) in [5.41, 5.74) is 2.73. The van der Waals surface area contributed by atoms with Crippen molar-refractivity contribution in [3.05, 3.63) is 47.0 Å². The number of carbonyl (C=O) groups excluding carboxylic acids is 2. The number of hydrogen-bond donors (Lipinski definition) is 2. The van der Waals surface area contributed by atoms with Gasteiger partial charge in [0.15, 0.2) is 0 Å². The van der Waals surface area contributed by atoms with E-state index in [0.717, 1.165) is 38.0 Å². The Kier molecular flexibility index (Phi) is 6.28. The summed E-state index contributed by atoms with van der Waals surface area (Å²) >= 11 is 0. The summed E-state index contributed by atoms with van der Waals surface area (Å²) in [5, 5.41) is 5.86. The van der Waals surface area contributed by atoms with Gasteiger partial charge in [-0.2, -0.15) is 0 Å². The van der Waals surface area contributed by atoms with Crippen LogP contribution < -0.4 is 10.6 Å². The van der Waals surface area contributed by atoms with Crippen molar-refractivity contribution >= 4 is 11.9 Å². The van der Waals surface area contributed by atoms with Gasteiger partial charge in [0.05, 0.1) is 6.10 Å². The molecule has 2 aliphatic heterocycles. The molecule has 1 atom stereocenters. The van der Waals surface area contributed by atoms with E-state index in [-0.39, 0.29) is 18.0 Å². The Morgan fingerprint density at radius 3 is 2.96 bits per heavy atom. The number of amides is 3. The molecular formula is C20H27N3O3. The maximum atomic E-state index is 12.3. The van der Waals surface area contributed by atoms with Crippen molar-refractivity contribution in [2.75, 3.05) is 26.2 Å². The monoisotopic (exact) mass is 357 g/mol. The fraction of sp³-hybridized carbons (Fsp3) is 0.500. The van der Waals surface area contributed by atoms with Gasteiger partial charge < -0.3 is 20.3 Å². The van der Waals surface area contributed by atoms with Crippen LogP contribution in [0.3, 0.4) is 0 Å². The highest BCUT2D eigenvalue weighted by atomic mass is 16.5. The number of carbonyl (C=O) groups is 2. The highest BCUT2D eigenvalue weighted by Gasteiger charge is 2.18. The van der Waals surface area contributed by atoms with Crippen molar-refractivity contribution in [1.29, 1.82) is 0 Å². The van der Waals surface area contributed by atoms with Gasteiger partial charge >= 0.3 is 6.03 Å². The molecule has 2 N–H and O–H groups in total. The Balaban J connectivity index is 1.49. The first-order chi connectivity index (χ1) is 12.6. The van der Waals surface area contributed by atoms with E-state index in [1.807, 2.05) is 30.0 Å². The van der Waals surface area contributed by atoms with Gasteiger partial charge in [0, 0.05) is 38.3 Å². The van der Waals surface area contributed by atoms with Crippen LogP contribution in [0.15, 0.2) is 35.9 Å². The molecule has 1 aromatic rings. The lowest BCUT2D eigenvalue weighted by atomic mass is 10.1. The van der Waals surface area contributed by atoms with Gasteiger partial charge in [0.1, 0.15) is 0 Å². The van der Waals surface area contributed by atoms with E-state index < -0.39 is 0 Å². The first-order valence-corrected chi connectivity index (χ1v) is 9.29. The molecule has 1 fully saturated rings. The highest BCUT2D eigenvalue weighted by molar-refractivity contribution is 5.94. The van der Waals surface area contributed by atoms with Crippen molar-refractivity contribution in [3.8, 4) is 0 Å². The van der Waals surface area contributed by atoms with Gasteiger partial charge in [-0.25, -0.2) is 4.79 Å². The highest BCUT2D eigenvalue weighted by Crippen LogP contribution is 2.12. The Hall–Kier alpha value is -2.34. The summed E-state index contributed by atoms with van der Waals surface area (Å²) in [6.07, 6.45) is 5.25. The number of benzene rings is 1. The number of urea groups is 1. The van der Waals surface area contributed by atoms with Crippen LogP contribution in [-0.2, 0) is 11.3 Å². The third-order valence-electron chi connectivity index (χ3n) is 4.77. The molecule has 1 aromatic carbocycles. The SMILES string of the molecule is CC1=CCCN(C(=O)NCc2cccc(C(=O)NCC3CCCO3)c2)C1. The Bertz CT molecular complexity index is 681. The molecule has 0 radical (unpaired) electrons. The van der Waals surface area contributed by atoms with Crippen molar-refractivity contribution in [2.45, 2.75) is 38.8 Å². The summed E-state index contributed by atoms with van der Waals surface area (Å²) in [5.74, 6) is -0.106. The maximum Gasteiger partial charge on any atom is 0.317 e. The number of rotatable bonds is 5. The molecule has 3 rings (SSSR count). The number of hydrogen-bond acceptors (Lipinski definition) is 3. The zero-order valence-corrected chi connectivity index (χ0v) is 15.3. The number of ether oxygens (including phenoxy) is 1. The third kappa shape index (κ3) is 5.08. The fourth-order valence-corrected chi connectivity index (χ4v) is 3.31. The Labute approximate surface area is 154 Å². The van der Waals surface area contributed by atoms with Gasteiger partial charge in [0.25, 0.3) is 5.91 Å². The van der Waals surface area contributed by atoms with E-state index in [4.69, 9.17) is 4.74 Å². The zero-order valence-electron chi connectivity index (χ0n) is 15.3. The average Bonchev–Trinajstić information content (AvgIpc) is 3.18. The Morgan fingerprint density at radius 2 is 2.19 bits per heavy atom. The minimum Gasteiger partial charge on any atom is -0.376 e. The van der Waals surface area contributed by atoms with Crippen LogP contribution in [0.4, 0.5) is 4.79 Å². The van der Waals surface area contributed by atoms with Crippen LogP contribution in [0.25, 0.3) is 0 Å². The second kappa shape index (κ2) is 8.85. The molecule has 3 amide bonds. The molecule has 0 spiro atoms. The summed E-state index contributed by atoms with van der Waals surface area (Å²) < 4.78 is 5.52. The van der Waals surface area contributed by atoms with Crippen molar-refractivity contribution in [1.82, 2.24) is 15.5 Å². The lowest BCUT2D eigenvalue weighted by Gasteiger charge is -2.26. The molecule has 1 saturated heterocycles. The zero-order chi connectivity index (χ0) is 18.4. The van der Waals surface area contributed by atoms with E-state index in [0.29, 0.717) is 25.2 Å². The molecule has 2 aliphatic rings. The van der Waals surface area contributed by atoms with Crippen LogP contribution in [0.2, 0.25) is 0 Å². The standard InChI is InChI=1S/C20H27N3O3/c1-15-5-3-9-23(14-15)20(25)22-12-16-6-2-7-17(11-16)19(24)21-13-18-8-4-10-26-18/h2,5-7,11,18H,3-4,8-10,12-14H2,1H3,(H,21,24)(H,22,25). The van der Waals surface area contributed by atoms with Gasteiger partial charge in [-0.15, -0.1) is 0 Å². The smallest absolute Gasteiger partial charge is 0.317 e. The van der Waals surface area contributed by atoms with Crippen LogP contribution in [-0.4, -0.2) is 49.2 Å². The van der Waals surface area contributed by atoms with Gasteiger partial charge in [-0.05, 0) is 43.9 Å². The fourth-order valence-electron chi connectivity index (χ4n) is 3.31. The summed E-state index contributed by atoms with van der Waals surface area (Å²) in [4.78, 5) is 26.4. The minimum absolute atomic E-state index is 0.0642. The molecule has 0 aromatic heterocycles. The lowest BCUT2D eigenvalue weighted by molar-refractivity contribution is 0.0857. The van der Waals surface area contributed by atoms with Gasteiger partial charge in [-0.3, -0.25) is 4.79 Å². The molecule has 2 heterocycles. The summed E-state index contributed by atoms with van der Waals surface area (Å²) in [6, 6.07) is 7.31.